The van der Waals surface area contributed by atoms with Crippen LogP contribution in [0.1, 0.15) is 23.2 Å². The highest BCUT2D eigenvalue weighted by Gasteiger charge is 2.36. The Morgan fingerprint density at radius 1 is 1.23 bits per heavy atom. The lowest BCUT2D eigenvalue weighted by atomic mass is 10.1. The summed E-state index contributed by atoms with van der Waals surface area (Å²) in [6, 6.07) is 2.39. The maximum Gasteiger partial charge on any atom is 0.257 e. The monoisotopic (exact) mass is 468 g/mol. The fourth-order valence-electron chi connectivity index (χ4n) is 3.68. The van der Waals surface area contributed by atoms with Crippen LogP contribution in [0.2, 0.25) is 0 Å². The predicted molar refractivity (Wildman–Crippen MR) is 111 cm³/mol. The quantitative estimate of drug-likeness (QED) is 0.713. The number of ether oxygens (including phenoxy) is 1. The molecule has 166 valence electrons. The van der Waals surface area contributed by atoms with Gasteiger partial charge in [0.05, 0.1) is 23.7 Å². The zero-order valence-corrected chi connectivity index (χ0v) is 18.1. The molecule has 12 heteroatoms. The minimum Gasteiger partial charge on any atom is -0.379 e. The molecule has 1 aromatic heterocycles. The molecule has 2 saturated heterocycles. The third kappa shape index (κ3) is 4.47. The SMILES string of the molecule is O=C(Nc1nccs1)C1CCCN1C(=O)c1cc(S(=O)(=O)N2CCOCC2)ccc1F. The number of nitrogens with zero attached hydrogens (tertiary/aromatic N) is 3. The molecule has 0 saturated carbocycles. The highest BCUT2D eigenvalue weighted by atomic mass is 32.2. The summed E-state index contributed by atoms with van der Waals surface area (Å²) in [5.41, 5.74) is -0.372. The van der Waals surface area contributed by atoms with Crippen molar-refractivity contribution < 1.29 is 27.1 Å². The lowest BCUT2D eigenvalue weighted by Gasteiger charge is -2.27. The summed E-state index contributed by atoms with van der Waals surface area (Å²) in [5, 5.41) is 4.78. The first-order valence-corrected chi connectivity index (χ1v) is 12.1. The number of aromatic nitrogens is 1. The number of sulfonamides is 1. The Bertz CT molecular complexity index is 1070. The van der Waals surface area contributed by atoms with Crippen molar-refractivity contribution in [2.45, 2.75) is 23.8 Å². The molecule has 2 aliphatic heterocycles. The van der Waals surface area contributed by atoms with E-state index in [1.54, 1.807) is 11.6 Å². The molecular weight excluding hydrogens is 447 g/mol. The van der Waals surface area contributed by atoms with Gasteiger partial charge in [0.15, 0.2) is 5.13 Å². The Kier molecular flexibility index (Phi) is 6.32. The van der Waals surface area contributed by atoms with Gasteiger partial charge in [-0.1, -0.05) is 0 Å². The average molecular weight is 469 g/mol. The second-order valence-corrected chi connectivity index (χ2v) is 9.97. The second-order valence-electron chi connectivity index (χ2n) is 7.14. The third-order valence-corrected chi connectivity index (χ3v) is 7.84. The zero-order chi connectivity index (χ0) is 22.0. The number of hydrogen-bond acceptors (Lipinski definition) is 7. The topological polar surface area (TPSA) is 109 Å². The Hall–Kier alpha value is -2.41. The van der Waals surface area contributed by atoms with Gasteiger partial charge < -0.3 is 15.0 Å². The molecule has 1 N–H and O–H groups in total. The van der Waals surface area contributed by atoms with Crippen molar-refractivity contribution in [3.05, 3.63) is 41.2 Å². The van der Waals surface area contributed by atoms with E-state index >= 15 is 0 Å². The Morgan fingerprint density at radius 2 is 2.00 bits per heavy atom. The van der Waals surface area contributed by atoms with Gasteiger partial charge in [0.1, 0.15) is 11.9 Å². The molecule has 2 aliphatic rings. The molecule has 0 aliphatic carbocycles. The molecule has 1 atom stereocenters. The summed E-state index contributed by atoms with van der Waals surface area (Å²) in [7, 11) is -3.89. The van der Waals surface area contributed by atoms with Gasteiger partial charge in [-0.15, -0.1) is 11.3 Å². The van der Waals surface area contributed by atoms with Crippen LogP contribution in [0, 0.1) is 5.82 Å². The molecule has 3 heterocycles. The number of halogens is 1. The Labute approximate surface area is 182 Å². The van der Waals surface area contributed by atoms with Crippen LogP contribution in [0.5, 0.6) is 0 Å². The number of benzene rings is 1. The fourth-order valence-corrected chi connectivity index (χ4v) is 5.64. The van der Waals surface area contributed by atoms with Crippen LogP contribution in [0.25, 0.3) is 0 Å². The molecule has 9 nitrogen and oxygen atoms in total. The molecule has 1 unspecified atom stereocenters. The first-order chi connectivity index (χ1) is 14.9. The van der Waals surface area contributed by atoms with Crippen LogP contribution in [-0.2, 0) is 19.6 Å². The number of rotatable bonds is 5. The average Bonchev–Trinajstić information content (AvgIpc) is 3.46. The van der Waals surface area contributed by atoms with Crippen LogP contribution in [0.3, 0.4) is 0 Å². The maximum absolute atomic E-state index is 14.6. The van der Waals surface area contributed by atoms with E-state index in [0.717, 1.165) is 18.2 Å². The lowest BCUT2D eigenvalue weighted by Crippen LogP contribution is -2.43. The number of likely N-dealkylation sites (tertiary alicyclic amines) is 1. The predicted octanol–water partition coefficient (Wildman–Crippen LogP) is 1.55. The summed E-state index contributed by atoms with van der Waals surface area (Å²) >= 11 is 1.25. The van der Waals surface area contributed by atoms with Crippen molar-refractivity contribution in [3.63, 3.8) is 0 Å². The fraction of sp³-hybridized carbons (Fsp3) is 0.421. The van der Waals surface area contributed by atoms with Gasteiger partial charge in [-0.05, 0) is 31.0 Å². The number of anilines is 1. The van der Waals surface area contributed by atoms with Gasteiger partial charge in [-0.3, -0.25) is 9.59 Å². The lowest BCUT2D eigenvalue weighted by molar-refractivity contribution is -0.119. The number of carbonyl (C=O) groups excluding carboxylic acids is 2. The van der Waals surface area contributed by atoms with Crippen LogP contribution in [-0.4, -0.2) is 73.3 Å². The summed E-state index contributed by atoms with van der Waals surface area (Å²) < 4.78 is 46.8. The van der Waals surface area contributed by atoms with Gasteiger partial charge >= 0.3 is 0 Å². The van der Waals surface area contributed by atoms with E-state index in [9.17, 15) is 22.4 Å². The number of amides is 2. The largest absolute Gasteiger partial charge is 0.379 e. The Morgan fingerprint density at radius 3 is 2.71 bits per heavy atom. The summed E-state index contributed by atoms with van der Waals surface area (Å²) in [5.74, 6) is -1.96. The highest BCUT2D eigenvalue weighted by Crippen LogP contribution is 2.26. The molecule has 4 rings (SSSR count). The number of nitrogens with one attached hydrogen (secondary N) is 1. The molecule has 2 amide bonds. The van der Waals surface area contributed by atoms with E-state index in [1.807, 2.05) is 0 Å². The van der Waals surface area contributed by atoms with E-state index in [4.69, 9.17) is 4.74 Å². The summed E-state index contributed by atoms with van der Waals surface area (Å²) in [6.45, 7) is 1.20. The normalized spacial score (nSPS) is 20.0. The summed E-state index contributed by atoms with van der Waals surface area (Å²) in [6.07, 6.45) is 2.55. The van der Waals surface area contributed by atoms with E-state index in [1.165, 1.54) is 20.5 Å². The molecule has 2 aromatic rings. The van der Waals surface area contributed by atoms with Crippen LogP contribution in [0.4, 0.5) is 9.52 Å². The first kappa shape index (κ1) is 21.8. The first-order valence-electron chi connectivity index (χ1n) is 9.77. The maximum atomic E-state index is 14.6. The van der Waals surface area contributed by atoms with Gasteiger partial charge in [0.2, 0.25) is 15.9 Å². The number of thiazole rings is 1. The van der Waals surface area contributed by atoms with Crippen molar-refractivity contribution in [2.24, 2.45) is 0 Å². The second kappa shape index (κ2) is 8.99. The molecule has 0 radical (unpaired) electrons. The van der Waals surface area contributed by atoms with Crippen molar-refractivity contribution >= 4 is 38.3 Å². The number of carbonyl (C=O) groups is 2. The van der Waals surface area contributed by atoms with Crippen molar-refractivity contribution in [3.8, 4) is 0 Å². The Balaban J connectivity index is 1.57. The van der Waals surface area contributed by atoms with E-state index in [-0.39, 0.29) is 43.3 Å². The van der Waals surface area contributed by atoms with Gasteiger partial charge in [0, 0.05) is 31.2 Å². The smallest absolute Gasteiger partial charge is 0.257 e. The molecule has 0 spiro atoms. The van der Waals surface area contributed by atoms with Crippen molar-refractivity contribution in [2.75, 3.05) is 38.2 Å². The van der Waals surface area contributed by atoms with Gasteiger partial charge in [0.25, 0.3) is 5.91 Å². The summed E-state index contributed by atoms with van der Waals surface area (Å²) in [4.78, 5) is 30.9. The van der Waals surface area contributed by atoms with Crippen LogP contribution >= 0.6 is 11.3 Å². The molecule has 1 aromatic carbocycles. The molecule has 0 bridgehead atoms. The number of hydrogen-bond donors (Lipinski definition) is 1. The highest BCUT2D eigenvalue weighted by molar-refractivity contribution is 7.89. The van der Waals surface area contributed by atoms with Crippen molar-refractivity contribution in [1.29, 1.82) is 0 Å². The molecular formula is C19H21FN4O5S2. The van der Waals surface area contributed by atoms with Crippen molar-refractivity contribution in [1.82, 2.24) is 14.2 Å². The minimum atomic E-state index is -3.89. The minimum absolute atomic E-state index is 0.165. The van der Waals surface area contributed by atoms with E-state index in [2.05, 4.69) is 10.3 Å². The standard InChI is InChI=1S/C19H21FN4O5S2/c20-15-4-3-13(31(27,28)23-7-9-29-10-8-23)12-14(15)18(26)24-6-1-2-16(24)17(25)22-19-21-5-11-30-19/h3-5,11-12,16H,1-2,6-10H2,(H,21,22,25). The number of morpholine rings is 1. The van der Waals surface area contributed by atoms with E-state index < -0.39 is 33.7 Å². The van der Waals surface area contributed by atoms with Crippen LogP contribution < -0.4 is 5.32 Å². The third-order valence-electron chi connectivity index (χ3n) is 5.25. The van der Waals surface area contributed by atoms with Gasteiger partial charge in [-0.25, -0.2) is 17.8 Å². The van der Waals surface area contributed by atoms with E-state index in [0.29, 0.717) is 18.0 Å². The zero-order valence-electron chi connectivity index (χ0n) is 16.5. The van der Waals surface area contributed by atoms with Gasteiger partial charge in [-0.2, -0.15) is 4.31 Å². The molecule has 2 fully saturated rings. The molecule has 31 heavy (non-hydrogen) atoms. The van der Waals surface area contributed by atoms with Crippen LogP contribution in [0.15, 0.2) is 34.7 Å².